The molecule has 0 fully saturated rings. The minimum absolute atomic E-state index is 0.428. The fraction of sp³-hybridized carbons (Fsp3) is 0.429. The molecule has 0 N–H and O–H groups in total. The molecule has 0 heterocycles. The average Bonchev–Trinajstić information content (AvgIpc) is 2.05. The highest BCUT2D eigenvalue weighted by Crippen LogP contribution is 2.28. The molecule has 12 heavy (non-hydrogen) atoms. The van der Waals surface area contributed by atoms with Gasteiger partial charge in [-0.05, 0) is 6.92 Å². The lowest BCUT2D eigenvalue weighted by Crippen LogP contribution is -2.39. The van der Waals surface area contributed by atoms with E-state index in [9.17, 15) is 10.1 Å². The van der Waals surface area contributed by atoms with Crippen LogP contribution in [-0.2, 0) is 0 Å². The van der Waals surface area contributed by atoms with Gasteiger partial charge in [0.1, 0.15) is 10.8 Å². The minimum atomic E-state index is -1.69. The maximum Gasteiger partial charge on any atom is 0.575 e. The molecule has 0 aromatic rings. The normalized spacial score (nSPS) is 32.8. The number of hydrogen-bond donors (Lipinski definition) is 0. The Bertz CT molecular complexity index is 302. The molecular weight excluding hydrogens is 158 g/mol. The van der Waals surface area contributed by atoms with Crippen molar-refractivity contribution in [2.45, 2.75) is 12.6 Å². The summed E-state index contributed by atoms with van der Waals surface area (Å²) in [5.74, 6) is -0.428. The third-order valence-corrected chi connectivity index (χ3v) is 1.98. The van der Waals surface area contributed by atoms with Gasteiger partial charge in [-0.15, -0.1) is 0 Å². The summed E-state index contributed by atoms with van der Waals surface area (Å²) in [6, 6.07) is 0. The Morgan fingerprint density at radius 3 is 2.67 bits per heavy atom. The largest absolute Gasteiger partial charge is 0.575 e. The van der Waals surface area contributed by atoms with E-state index in [1.54, 1.807) is 19.1 Å². The van der Waals surface area contributed by atoms with E-state index in [-0.39, 0.29) is 0 Å². The highest BCUT2D eigenvalue weighted by atomic mass is 16.6. The van der Waals surface area contributed by atoms with Gasteiger partial charge in [0, 0.05) is 0 Å². The zero-order valence-corrected chi connectivity index (χ0v) is 6.54. The van der Waals surface area contributed by atoms with Crippen LogP contribution >= 0.6 is 0 Å². The van der Waals surface area contributed by atoms with Crippen molar-refractivity contribution >= 4 is 0 Å². The van der Waals surface area contributed by atoms with E-state index in [1.807, 2.05) is 0 Å². The lowest BCUT2D eigenvalue weighted by atomic mass is 9.91. The van der Waals surface area contributed by atoms with Crippen LogP contribution in [0.5, 0.6) is 0 Å². The molecule has 0 aromatic carbocycles. The van der Waals surface area contributed by atoms with Crippen LogP contribution in [0, 0.1) is 21.4 Å². The highest BCUT2D eigenvalue weighted by Gasteiger charge is 2.60. The fourth-order valence-corrected chi connectivity index (χ4v) is 1.11. The molecule has 1 aliphatic rings. The molecular formula is C7H8N3O2+. The summed E-state index contributed by atoms with van der Waals surface area (Å²) in [4.78, 5) is 12.8. The van der Waals surface area contributed by atoms with Gasteiger partial charge >= 0.3 is 5.66 Å². The Morgan fingerprint density at radius 2 is 2.33 bits per heavy atom. The summed E-state index contributed by atoms with van der Waals surface area (Å²) < 4.78 is 0. The Hall–Kier alpha value is -1.70. The molecule has 0 radical (unpaired) electrons. The summed E-state index contributed by atoms with van der Waals surface area (Å²) in [5.41, 5.74) is -1.69. The molecule has 0 amide bonds. The van der Waals surface area contributed by atoms with Gasteiger partial charge in [-0.3, -0.25) is 10.1 Å². The van der Waals surface area contributed by atoms with E-state index in [0.717, 1.165) is 0 Å². The predicted molar refractivity (Wildman–Crippen MR) is 42.3 cm³/mol. The first-order chi connectivity index (χ1) is 5.63. The first-order valence-corrected chi connectivity index (χ1v) is 3.50. The van der Waals surface area contributed by atoms with E-state index >= 15 is 0 Å². The molecule has 1 rings (SSSR count). The van der Waals surface area contributed by atoms with Crippen LogP contribution in [0.2, 0.25) is 0 Å². The summed E-state index contributed by atoms with van der Waals surface area (Å²) in [7, 11) is 0. The molecule has 0 aromatic heterocycles. The molecule has 0 bridgehead atoms. The molecule has 5 nitrogen and oxygen atoms in total. The number of nitrogens with zero attached hydrogens (tertiary/aromatic N) is 3. The van der Waals surface area contributed by atoms with Gasteiger partial charge in [0.05, 0.1) is 6.08 Å². The Balaban J connectivity index is 3.11. The second-order valence-corrected chi connectivity index (χ2v) is 2.67. The summed E-state index contributed by atoms with van der Waals surface area (Å²) in [6.45, 7) is 1.63. The van der Waals surface area contributed by atoms with Crippen LogP contribution in [0.15, 0.2) is 24.3 Å². The van der Waals surface area contributed by atoms with Crippen LogP contribution in [0.4, 0.5) is 0 Å². The van der Waals surface area contributed by atoms with E-state index < -0.39 is 16.5 Å². The van der Waals surface area contributed by atoms with Gasteiger partial charge in [-0.25, -0.2) is 0 Å². The number of nitro groups is 1. The van der Waals surface area contributed by atoms with E-state index in [4.69, 9.17) is 5.39 Å². The van der Waals surface area contributed by atoms with Crippen molar-refractivity contribution in [1.29, 1.82) is 5.39 Å². The zero-order chi connectivity index (χ0) is 9.19. The van der Waals surface area contributed by atoms with Gasteiger partial charge in [0.2, 0.25) is 10.4 Å². The van der Waals surface area contributed by atoms with Crippen molar-refractivity contribution in [2.75, 3.05) is 0 Å². The van der Waals surface area contributed by atoms with Crippen LogP contribution < -0.4 is 0 Å². The number of hydrogen-bond acceptors (Lipinski definition) is 3. The molecule has 5 heteroatoms. The molecule has 0 saturated carbocycles. The van der Waals surface area contributed by atoms with Crippen LogP contribution in [0.3, 0.4) is 0 Å². The van der Waals surface area contributed by atoms with Crippen molar-refractivity contribution in [3.63, 3.8) is 0 Å². The maximum absolute atomic E-state index is 10.6. The van der Waals surface area contributed by atoms with E-state index in [1.165, 1.54) is 12.2 Å². The quantitative estimate of drug-likeness (QED) is 0.337. The molecule has 1 aliphatic carbocycles. The van der Waals surface area contributed by atoms with Gasteiger partial charge in [0.15, 0.2) is 0 Å². The van der Waals surface area contributed by atoms with Crippen molar-refractivity contribution in [2.24, 2.45) is 5.92 Å². The van der Waals surface area contributed by atoms with E-state index in [2.05, 4.69) is 4.98 Å². The van der Waals surface area contributed by atoms with Crippen LogP contribution in [-0.4, -0.2) is 10.6 Å². The lowest BCUT2D eigenvalue weighted by molar-refractivity contribution is -0.549. The molecule has 62 valence electrons. The molecule has 2 unspecified atom stereocenters. The first-order valence-electron chi connectivity index (χ1n) is 3.50. The summed E-state index contributed by atoms with van der Waals surface area (Å²) in [6.07, 6.45) is 6.10. The molecule has 0 saturated heterocycles. The third-order valence-electron chi connectivity index (χ3n) is 1.98. The topological polar surface area (TPSA) is 71.3 Å². The molecule has 0 aliphatic heterocycles. The third kappa shape index (κ3) is 0.975. The van der Waals surface area contributed by atoms with Gasteiger partial charge in [-0.1, -0.05) is 18.2 Å². The highest BCUT2D eigenvalue weighted by molar-refractivity contribution is 5.23. The van der Waals surface area contributed by atoms with E-state index in [0.29, 0.717) is 0 Å². The SMILES string of the molecule is CC1C=CC=CC1([N+]#N)[N+](=O)[O-]. The van der Waals surface area contributed by atoms with Gasteiger partial charge in [0.25, 0.3) is 0 Å². The van der Waals surface area contributed by atoms with Crippen molar-refractivity contribution < 1.29 is 4.92 Å². The van der Waals surface area contributed by atoms with Crippen molar-refractivity contribution in [1.82, 2.24) is 0 Å². The van der Waals surface area contributed by atoms with Crippen molar-refractivity contribution in [3.8, 4) is 0 Å². The average molecular weight is 166 g/mol. The number of diazo groups is 1. The smallest absolute Gasteiger partial charge is 0.257 e. The fourth-order valence-electron chi connectivity index (χ4n) is 1.11. The standard InChI is InChI=1S/C7H8N3O2/c1-6-4-2-3-5-7(6,9-8)10(11)12/h2-6H,1H3/q+1. The van der Waals surface area contributed by atoms with Crippen LogP contribution in [0.1, 0.15) is 6.92 Å². The maximum atomic E-state index is 10.6. The lowest BCUT2D eigenvalue weighted by Gasteiger charge is -2.09. The first kappa shape index (κ1) is 8.40. The van der Waals surface area contributed by atoms with Crippen molar-refractivity contribution in [3.05, 3.63) is 39.4 Å². The Morgan fingerprint density at radius 1 is 1.67 bits per heavy atom. The second kappa shape index (κ2) is 2.74. The zero-order valence-electron chi connectivity index (χ0n) is 6.54. The predicted octanol–water partition coefficient (Wildman–Crippen LogP) is 1.57. The molecule has 2 atom stereocenters. The van der Waals surface area contributed by atoms with Gasteiger partial charge < -0.3 is 0 Å². The van der Waals surface area contributed by atoms with Gasteiger partial charge in [-0.2, -0.15) is 0 Å². The minimum Gasteiger partial charge on any atom is -0.257 e. The summed E-state index contributed by atoms with van der Waals surface area (Å²) in [5, 5.41) is 19.2. The number of allylic oxidation sites excluding steroid dienone is 2. The van der Waals surface area contributed by atoms with Crippen LogP contribution in [0.25, 0.3) is 4.98 Å². The summed E-state index contributed by atoms with van der Waals surface area (Å²) >= 11 is 0. The monoisotopic (exact) mass is 166 g/mol. The molecule has 0 spiro atoms. The second-order valence-electron chi connectivity index (χ2n) is 2.67. The number of rotatable bonds is 1. The Kier molecular flexibility index (Phi) is 1.92. The Labute approximate surface area is 69.2 Å².